The van der Waals surface area contributed by atoms with Gasteiger partial charge in [-0.15, -0.1) is 0 Å². The molecule has 1 amide bonds. The monoisotopic (exact) mass is 408 g/mol. The number of benzene rings is 2. The lowest BCUT2D eigenvalue weighted by Gasteiger charge is -2.28. The molecule has 8 heteroatoms. The smallest absolute Gasteiger partial charge is 0.227 e. The summed E-state index contributed by atoms with van der Waals surface area (Å²) < 4.78 is 15.8. The number of carbonyl (C=O) groups is 1. The number of hydrogen-bond acceptors (Lipinski definition) is 7. The van der Waals surface area contributed by atoms with Crippen LogP contribution in [0.15, 0.2) is 53.1 Å². The summed E-state index contributed by atoms with van der Waals surface area (Å²) in [4.78, 5) is 18.9. The Morgan fingerprint density at radius 1 is 1.10 bits per heavy atom. The Morgan fingerprint density at radius 3 is 2.53 bits per heavy atom. The molecule has 1 saturated heterocycles. The molecule has 1 fully saturated rings. The molecule has 0 atom stereocenters. The second-order valence-corrected chi connectivity index (χ2v) is 6.93. The van der Waals surface area contributed by atoms with E-state index < -0.39 is 0 Å². The maximum absolute atomic E-state index is 12.3. The summed E-state index contributed by atoms with van der Waals surface area (Å²) in [6.07, 6.45) is 0.635. The molecule has 1 N–H and O–H groups in total. The highest BCUT2D eigenvalue weighted by molar-refractivity contribution is 5.91. The van der Waals surface area contributed by atoms with Crippen LogP contribution < -0.4 is 15.0 Å². The summed E-state index contributed by atoms with van der Waals surface area (Å²) in [6.45, 7) is 3.26. The van der Waals surface area contributed by atoms with Crippen LogP contribution in [0.25, 0.3) is 11.4 Å². The minimum Gasteiger partial charge on any atom is -0.497 e. The van der Waals surface area contributed by atoms with Crippen LogP contribution in [0.3, 0.4) is 0 Å². The molecule has 0 bridgehead atoms. The van der Waals surface area contributed by atoms with E-state index in [4.69, 9.17) is 14.0 Å². The maximum atomic E-state index is 12.3. The van der Waals surface area contributed by atoms with Gasteiger partial charge in [0.05, 0.1) is 20.3 Å². The first-order chi connectivity index (χ1) is 14.7. The Hall–Kier alpha value is -3.39. The first-order valence-electron chi connectivity index (χ1n) is 9.91. The molecule has 0 spiro atoms. The minimum absolute atomic E-state index is 0.0988. The number of rotatable bonds is 7. The van der Waals surface area contributed by atoms with Gasteiger partial charge in [0, 0.05) is 42.9 Å². The number of methoxy groups -OCH3 is 1. The van der Waals surface area contributed by atoms with Crippen molar-refractivity contribution in [2.75, 3.05) is 43.6 Å². The van der Waals surface area contributed by atoms with Gasteiger partial charge in [0.15, 0.2) is 0 Å². The van der Waals surface area contributed by atoms with Crippen molar-refractivity contribution < 1.29 is 18.8 Å². The highest BCUT2D eigenvalue weighted by atomic mass is 16.5. The van der Waals surface area contributed by atoms with Gasteiger partial charge < -0.3 is 24.2 Å². The molecule has 0 aliphatic carbocycles. The largest absolute Gasteiger partial charge is 0.497 e. The van der Waals surface area contributed by atoms with Crippen molar-refractivity contribution in [2.24, 2.45) is 0 Å². The van der Waals surface area contributed by atoms with Crippen molar-refractivity contribution >= 4 is 17.3 Å². The summed E-state index contributed by atoms with van der Waals surface area (Å²) >= 11 is 0. The third-order valence-corrected chi connectivity index (χ3v) is 4.91. The van der Waals surface area contributed by atoms with Gasteiger partial charge in [0.1, 0.15) is 5.75 Å². The van der Waals surface area contributed by atoms with Gasteiger partial charge >= 0.3 is 0 Å². The van der Waals surface area contributed by atoms with Crippen LogP contribution in [0.1, 0.15) is 12.3 Å². The zero-order chi connectivity index (χ0) is 20.8. The van der Waals surface area contributed by atoms with Gasteiger partial charge in [0.2, 0.25) is 17.6 Å². The lowest BCUT2D eigenvalue weighted by molar-refractivity contribution is -0.116. The molecule has 8 nitrogen and oxygen atoms in total. The lowest BCUT2D eigenvalue weighted by atomic mass is 10.2. The molecule has 2 heterocycles. The topological polar surface area (TPSA) is 89.7 Å². The quantitative estimate of drug-likeness (QED) is 0.642. The number of anilines is 2. The number of aryl methyl sites for hydroxylation is 1. The molecule has 30 heavy (non-hydrogen) atoms. The van der Waals surface area contributed by atoms with Gasteiger partial charge in [-0.1, -0.05) is 5.16 Å². The fourth-order valence-electron chi connectivity index (χ4n) is 3.23. The summed E-state index contributed by atoms with van der Waals surface area (Å²) in [5.74, 6) is 1.58. The Kier molecular flexibility index (Phi) is 6.24. The number of aromatic nitrogens is 2. The number of carbonyl (C=O) groups excluding carboxylic acids is 1. The van der Waals surface area contributed by atoms with Gasteiger partial charge in [-0.3, -0.25) is 4.79 Å². The molecule has 1 aliphatic rings. The van der Waals surface area contributed by atoms with Crippen molar-refractivity contribution in [3.8, 4) is 17.1 Å². The van der Waals surface area contributed by atoms with Gasteiger partial charge in [0.25, 0.3) is 0 Å². The second kappa shape index (κ2) is 9.41. The summed E-state index contributed by atoms with van der Waals surface area (Å²) in [7, 11) is 1.62. The van der Waals surface area contributed by atoms with Crippen LogP contribution in [-0.4, -0.2) is 49.5 Å². The van der Waals surface area contributed by atoms with Gasteiger partial charge in [-0.2, -0.15) is 4.98 Å². The van der Waals surface area contributed by atoms with Crippen molar-refractivity contribution in [1.82, 2.24) is 10.1 Å². The van der Waals surface area contributed by atoms with E-state index in [2.05, 4.69) is 20.4 Å². The number of ether oxygens (including phenoxy) is 2. The first-order valence-corrected chi connectivity index (χ1v) is 9.91. The molecular formula is C22H24N4O4. The molecule has 1 aliphatic heterocycles. The van der Waals surface area contributed by atoms with Crippen LogP contribution in [-0.2, 0) is 16.0 Å². The van der Waals surface area contributed by atoms with Crippen LogP contribution in [0.5, 0.6) is 5.75 Å². The zero-order valence-electron chi connectivity index (χ0n) is 16.8. The fourth-order valence-corrected chi connectivity index (χ4v) is 3.23. The number of nitrogens with zero attached hydrogens (tertiary/aromatic N) is 3. The van der Waals surface area contributed by atoms with Crippen molar-refractivity contribution in [1.29, 1.82) is 0 Å². The van der Waals surface area contributed by atoms with E-state index in [1.807, 2.05) is 48.5 Å². The number of hydrogen-bond donors (Lipinski definition) is 1. The van der Waals surface area contributed by atoms with Crippen molar-refractivity contribution in [2.45, 2.75) is 12.8 Å². The summed E-state index contributed by atoms with van der Waals surface area (Å²) in [6, 6.07) is 15.3. The average molecular weight is 408 g/mol. The predicted molar refractivity (Wildman–Crippen MR) is 113 cm³/mol. The fraction of sp³-hybridized carbons (Fsp3) is 0.318. The van der Waals surface area contributed by atoms with Crippen LogP contribution in [0.2, 0.25) is 0 Å². The molecule has 2 aromatic carbocycles. The summed E-state index contributed by atoms with van der Waals surface area (Å²) in [5.41, 5.74) is 2.73. The van der Waals surface area contributed by atoms with Gasteiger partial charge in [-0.05, 0) is 48.5 Å². The van der Waals surface area contributed by atoms with E-state index in [9.17, 15) is 4.79 Å². The summed E-state index contributed by atoms with van der Waals surface area (Å²) in [5, 5.41) is 6.89. The Balaban J connectivity index is 1.28. The third-order valence-electron chi connectivity index (χ3n) is 4.91. The van der Waals surface area contributed by atoms with E-state index in [0.29, 0.717) is 18.1 Å². The number of nitrogens with one attached hydrogen (secondary N) is 1. The molecule has 0 unspecified atom stereocenters. The molecule has 156 valence electrons. The highest BCUT2D eigenvalue weighted by Crippen LogP contribution is 2.21. The Labute approximate surface area is 174 Å². The minimum atomic E-state index is -0.0988. The molecule has 1 aromatic heterocycles. The zero-order valence-corrected chi connectivity index (χ0v) is 16.8. The van der Waals surface area contributed by atoms with Crippen molar-refractivity contribution in [3.63, 3.8) is 0 Å². The molecule has 0 saturated carbocycles. The van der Waals surface area contributed by atoms with Crippen LogP contribution in [0, 0.1) is 0 Å². The first kappa shape index (κ1) is 19.9. The SMILES string of the molecule is COc1ccc(-c2noc(CCC(=O)Nc3ccc(N4CCOCC4)cc3)n2)cc1. The van der Waals surface area contributed by atoms with E-state index in [1.54, 1.807) is 7.11 Å². The normalized spacial score (nSPS) is 13.8. The van der Waals surface area contributed by atoms with E-state index in [1.165, 1.54) is 0 Å². The Bertz CT molecular complexity index is 964. The van der Waals surface area contributed by atoms with Crippen LogP contribution in [0.4, 0.5) is 11.4 Å². The lowest BCUT2D eigenvalue weighted by Crippen LogP contribution is -2.36. The van der Waals surface area contributed by atoms with Gasteiger partial charge in [-0.25, -0.2) is 0 Å². The predicted octanol–water partition coefficient (Wildman–Crippen LogP) is 3.15. The number of morpholine rings is 1. The Morgan fingerprint density at radius 2 is 1.83 bits per heavy atom. The average Bonchev–Trinajstić information content (AvgIpc) is 3.28. The maximum Gasteiger partial charge on any atom is 0.227 e. The highest BCUT2D eigenvalue weighted by Gasteiger charge is 2.13. The molecule has 4 rings (SSSR count). The van der Waals surface area contributed by atoms with E-state index in [-0.39, 0.29) is 12.3 Å². The standard InChI is InChI=1S/C22H24N4O4/c1-28-19-8-2-16(3-9-19)22-24-21(30-25-22)11-10-20(27)23-17-4-6-18(7-5-17)26-12-14-29-15-13-26/h2-9H,10-15H2,1H3,(H,23,27). The van der Waals surface area contributed by atoms with Crippen LogP contribution >= 0.6 is 0 Å². The molecule has 0 radical (unpaired) electrons. The van der Waals surface area contributed by atoms with E-state index in [0.717, 1.165) is 49.0 Å². The van der Waals surface area contributed by atoms with E-state index >= 15 is 0 Å². The number of amides is 1. The van der Waals surface area contributed by atoms with Crippen molar-refractivity contribution in [3.05, 3.63) is 54.4 Å². The molecular weight excluding hydrogens is 384 g/mol. The second-order valence-electron chi connectivity index (χ2n) is 6.93. The molecule has 3 aromatic rings. The third kappa shape index (κ3) is 4.96.